The first-order valence-electron chi connectivity index (χ1n) is 8.75. The van der Waals surface area contributed by atoms with Crippen molar-refractivity contribution >= 4 is 15.9 Å². The lowest BCUT2D eigenvalue weighted by molar-refractivity contribution is -0.121. The molecule has 0 heterocycles. The molecule has 0 saturated heterocycles. The largest absolute Gasteiger partial charge is 0.355 e. The van der Waals surface area contributed by atoms with Crippen LogP contribution in [-0.4, -0.2) is 38.8 Å². The number of rotatable bonds is 8. The predicted octanol–water partition coefficient (Wildman–Crippen LogP) is 3.06. The molecule has 0 aliphatic heterocycles. The van der Waals surface area contributed by atoms with Gasteiger partial charge in [-0.3, -0.25) is 4.79 Å². The van der Waals surface area contributed by atoms with Gasteiger partial charge in [0.2, 0.25) is 15.9 Å². The van der Waals surface area contributed by atoms with Crippen molar-refractivity contribution in [2.75, 3.05) is 20.1 Å². The molecule has 0 bridgehead atoms. The molecule has 1 unspecified atom stereocenters. The second-order valence-electron chi connectivity index (χ2n) is 6.65. The number of carbonyl (C=O) groups is 1. The number of amides is 1. The van der Waals surface area contributed by atoms with Crippen LogP contribution in [0.25, 0.3) is 0 Å². The second kappa shape index (κ2) is 9.10. The topological polar surface area (TPSA) is 66.5 Å². The van der Waals surface area contributed by atoms with E-state index < -0.39 is 10.0 Å². The molecule has 2 aromatic rings. The lowest BCUT2D eigenvalue weighted by Crippen LogP contribution is -2.36. The molecule has 0 radical (unpaired) electrons. The molecule has 5 nitrogen and oxygen atoms in total. The van der Waals surface area contributed by atoms with Crippen molar-refractivity contribution < 1.29 is 17.6 Å². The summed E-state index contributed by atoms with van der Waals surface area (Å²) < 4.78 is 39.2. The molecule has 1 atom stereocenters. The molecule has 7 heteroatoms. The maximum absolute atomic E-state index is 13.0. The highest BCUT2D eigenvalue weighted by Crippen LogP contribution is 2.19. The van der Waals surface area contributed by atoms with Crippen LogP contribution in [0.5, 0.6) is 0 Å². The SMILES string of the molecule is Cc1ccc(S(=O)(=O)N(C)CCNC(=O)CC(C)c2ccc(F)cc2)cc1. The molecule has 0 aromatic heterocycles. The maximum Gasteiger partial charge on any atom is 0.242 e. The van der Waals surface area contributed by atoms with Gasteiger partial charge in [-0.2, -0.15) is 4.31 Å². The number of carbonyl (C=O) groups excluding carboxylic acids is 1. The molecule has 0 fully saturated rings. The number of sulfonamides is 1. The van der Waals surface area contributed by atoms with Crippen LogP contribution >= 0.6 is 0 Å². The Hall–Kier alpha value is -2.25. The minimum Gasteiger partial charge on any atom is -0.355 e. The quantitative estimate of drug-likeness (QED) is 0.751. The van der Waals surface area contributed by atoms with Crippen LogP contribution in [0.3, 0.4) is 0 Å². The average Bonchev–Trinajstić information content (AvgIpc) is 2.62. The Bertz CT molecular complexity index is 865. The molecule has 2 rings (SSSR count). The van der Waals surface area contributed by atoms with E-state index in [2.05, 4.69) is 5.32 Å². The summed E-state index contributed by atoms with van der Waals surface area (Å²) in [7, 11) is -2.09. The predicted molar refractivity (Wildman–Crippen MR) is 103 cm³/mol. The Balaban J connectivity index is 1.83. The molecule has 2 aromatic carbocycles. The maximum atomic E-state index is 13.0. The normalized spacial score (nSPS) is 12.8. The number of hydrogen-bond donors (Lipinski definition) is 1. The Labute approximate surface area is 160 Å². The summed E-state index contributed by atoms with van der Waals surface area (Å²) >= 11 is 0. The molecular formula is C20H25FN2O3S. The second-order valence-corrected chi connectivity index (χ2v) is 8.69. The summed E-state index contributed by atoms with van der Waals surface area (Å²) in [5.41, 5.74) is 1.87. The van der Waals surface area contributed by atoms with E-state index in [1.807, 2.05) is 13.8 Å². The van der Waals surface area contributed by atoms with Crippen LogP contribution in [0.1, 0.15) is 30.4 Å². The fraction of sp³-hybridized carbons (Fsp3) is 0.350. The van der Waals surface area contributed by atoms with Crippen molar-refractivity contribution in [3.05, 3.63) is 65.5 Å². The number of hydrogen-bond acceptors (Lipinski definition) is 3. The number of halogens is 1. The van der Waals surface area contributed by atoms with E-state index in [1.165, 1.54) is 23.5 Å². The highest BCUT2D eigenvalue weighted by Gasteiger charge is 2.20. The zero-order valence-corrected chi connectivity index (χ0v) is 16.6. The standard InChI is InChI=1S/C20H25FN2O3S/c1-15-4-10-19(11-5-15)27(25,26)23(3)13-12-22-20(24)14-16(2)17-6-8-18(21)9-7-17/h4-11,16H,12-14H2,1-3H3,(H,22,24). The first-order valence-corrected chi connectivity index (χ1v) is 10.2. The van der Waals surface area contributed by atoms with Gasteiger partial charge in [0.15, 0.2) is 0 Å². The van der Waals surface area contributed by atoms with Gasteiger partial charge in [0.25, 0.3) is 0 Å². The Morgan fingerprint density at radius 2 is 1.70 bits per heavy atom. The molecule has 0 spiro atoms. The number of aryl methyl sites for hydroxylation is 1. The van der Waals surface area contributed by atoms with Gasteiger partial charge in [-0.1, -0.05) is 36.8 Å². The van der Waals surface area contributed by atoms with E-state index in [0.29, 0.717) is 0 Å². The molecule has 1 N–H and O–H groups in total. The molecule has 27 heavy (non-hydrogen) atoms. The number of benzene rings is 2. The van der Waals surface area contributed by atoms with Gasteiger partial charge < -0.3 is 5.32 Å². The third-order valence-electron chi connectivity index (χ3n) is 4.41. The minimum atomic E-state index is -3.58. The van der Waals surface area contributed by atoms with Crippen LogP contribution in [0.4, 0.5) is 4.39 Å². The van der Waals surface area contributed by atoms with Crippen molar-refractivity contribution in [2.24, 2.45) is 0 Å². The molecule has 146 valence electrons. The number of nitrogens with one attached hydrogen (secondary N) is 1. The Morgan fingerprint density at radius 1 is 1.11 bits per heavy atom. The van der Waals surface area contributed by atoms with Gasteiger partial charge in [-0.25, -0.2) is 12.8 Å². The summed E-state index contributed by atoms with van der Waals surface area (Å²) in [4.78, 5) is 12.3. The molecule has 0 saturated carbocycles. The Kier molecular flexibility index (Phi) is 7.10. The molecule has 0 aliphatic carbocycles. The molecule has 1 amide bonds. The summed E-state index contributed by atoms with van der Waals surface area (Å²) in [6, 6.07) is 12.7. The van der Waals surface area contributed by atoms with Gasteiger partial charge in [-0.05, 0) is 42.7 Å². The highest BCUT2D eigenvalue weighted by molar-refractivity contribution is 7.89. The Morgan fingerprint density at radius 3 is 2.30 bits per heavy atom. The van der Waals surface area contributed by atoms with Crippen molar-refractivity contribution in [3.63, 3.8) is 0 Å². The average molecular weight is 392 g/mol. The zero-order chi connectivity index (χ0) is 20.0. The van der Waals surface area contributed by atoms with Gasteiger partial charge in [0.1, 0.15) is 5.82 Å². The number of likely N-dealkylation sites (N-methyl/N-ethyl adjacent to an activating group) is 1. The van der Waals surface area contributed by atoms with E-state index in [9.17, 15) is 17.6 Å². The van der Waals surface area contributed by atoms with E-state index in [0.717, 1.165) is 11.1 Å². The smallest absolute Gasteiger partial charge is 0.242 e. The van der Waals surface area contributed by atoms with Gasteiger partial charge in [0, 0.05) is 26.6 Å². The summed E-state index contributed by atoms with van der Waals surface area (Å²) in [6.07, 6.45) is 0.250. The van der Waals surface area contributed by atoms with Crippen LogP contribution < -0.4 is 5.32 Å². The lowest BCUT2D eigenvalue weighted by atomic mass is 9.97. The van der Waals surface area contributed by atoms with Crippen molar-refractivity contribution in [2.45, 2.75) is 31.1 Å². The van der Waals surface area contributed by atoms with E-state index in [4.69, 9.17) is 0 Å². The summed E-state index contributed by atoms with van der Waals surface area (Å²) in [5.74, 6) is -0.541. The first kappa shape index (κ1) is 21.1. The fourth-order valence-electron chi connectivity index (χ4n) is 2.62. The van der Waals surface area contributed by atoms with Crippen LogP contribution in [-0.2, 0) is 14.8 Å². The third-order valence-corrected chi connectivity index (χ3v) is 6.28. The number of nitrogens with zero attached hydrogens (tertiary/aromatic N) is 1. The monoisotopic (exact) mass is 392 g/mol. The molecular weight excluding hydrogens is 367 g/mol. The van der Waals surface area contributed by atoms with Gasteiger partial charge in [-0.15, -0.1) is 0 Å². The van der Waals surface area contributed by atoms with E-state index in [1.54, 1.807) is 36.4 Å². The fourth-order valence-corrected chi connectivity index (χ4v) is 3.79. The summed E-state index contributed by atoms with van der Waals surface area (Å²) in [5, 5.41) is 2.74. The minimum absolute atomic E-state index is 0.0559. The highest BCUT2D eigenvalue weighted by atomic mass is 32.2. The lowest BCUT2D eigenvalue weighted by Gasteiger charge is -2.18. The first-order chi connectivity index (χ1) is 12.7. The third kappa shape index (κ3) is 5.87. The van der Waals surface area contributed by atoms with Crippen LogP contribution in [0.2, 0.25) is 0 Å². The van der Waals surface area contributed by atoms with E-state index >= 15 is 0 Å². The molecule has 0 aliphatic rings. The van der Waals surface area contributed by atoms with Crippen molar-refractivity contribution in [3.8, 4) is 0 Å². The summed E-state index contributed by atoms with van der Waals surface area (Å²) in [6.45, 7) is 4.17. The van der Waals surface area contributed by atoms with Crippen molar-refractivity contribution in [1.82, 2.24) is 9.62 Å². The van der Waals surface area contributed by atoms with Crippen LogP contribution in [0, 0.1) is 12.7 Å². The van der Waals surface area contributed by atoms with Crippen molar-refractivity contribution in [1.29, 1.82) is 0 Å². The van der Waals surface area contributed by atoms with Gasteiger partial charge >= 0.3 is 0 Å². The van der Waals surface area contributed by atoms with Crippen LogP contribution in [0.15, 0.2) is 53.4 Å². The van der Waals surface area contributed by atoms with E-state index in [-0.39, 0.29) is 42.0 Å². The zero-order valence-electron chi connectivity index (χ0n) is 15.8. The van der Waals surface area contributed by atoms with Gasteiger partial charge in [0.05, 0.1) is 4.90 Å².